The van der Waals surface area contributed by atoms with Crippen molar-refractivity contribution in [3.05, 3.63) is 0 Å². The predicted octanol–water partition coefficient (Wildman–Crippen LogP) is -0.848. The van der Waals surface area contributed by atoms with E-state index in [1.54, 1.807) is 4.90 Å². The van der Waals surface area contributed by atoms with Crippen molar-refractivity contribution >= 4 is 17.8 Å². The Kier molecular flexibility index (Phi) is 3.65. The minimum absolute atomic E-state index is 0.0834. The Morgan fingerprint density at radius 3 is 2.53 bits per heavy atom. The van der Waals surface area contributed by atoms with Gasteiger partial charge in [-0.1, -0.05) is 0 Å². The largest absolute Gasteiger partial charge is 0.480 e. The molecule has 0 unspecified atom stereocenters. The molecule has 15 heavy (non-hydrogen) atoms. The van der Waals surface area contributed by atoms with E-state index in [9.17, 15) is 14.4 Å². The van der Waals surface area contributed by atoms with Gasteiger partial charge < -0.3 is 14.9 Å². The second-order valence-electron chi connectivity index (χ2n) is 3.47. The summed E-state index contributed by atoms with van der Waals surface area (Å²) in [5.74, 6) is -1.32. The number of nitrogens with zero attached hydrogens (tertiary/aromatic N) is 2. The number of rotatable bonds is 2. The van der Waals surface area contributed by atoms with Crippen LogP contribution in [0.15, 0.2) is 0 Å². The van der Waals surface area contributed by atoms with Gasteiger partial charge >= 0.3 is 5.97 Å². The minimum Gasteiger partial charge on any atom is -0.480 e. The van der Waals surface area contributed by atoms with Gasteiger partial charge in [-0.25, -0.2) is 0 Å². The third-order valence-electron chi connectivity index (χ3n) is 2.36. The summed E-state index contributed by atoms with van der Waals surface area (Å²) in [6.07, 6.45) is 0.201. The summed E-state index contributed by atoms with van der Waals surface area (Å²) in [4.78, 5) is 35.8. The van der Waals surface area contributed by atoms with Crippen molar-refractivity contribution in [3.63, 3.8) is 0 Å². The Hall–Kier alpha value is -1.59. The monoisotopic (exact) mass is 214 g/mol. The molecule has 1 fully saturated rings. The van der Waals surface area contributed by atoms with Gasteiger partial charge in [0.15, 0.2) is 0 Å². The number of carboxylic acids is 1. The van der Waals surface area contributed by atoms with Gasteiger partial charge in [-0.05, 0) is 0 Å². The van der Waals surface area contributed by atoms with Crippen LogP contribution in [0.5, 0.6) is 0 Å². The number of hydrogen-bond donors (Lipinski definition) is 1. The molecule has 0 aromatic rings. The molecule has 0 aromatic heterocycles. The molecule has 1 saturated heterocycles. The molecule has 0 saturated carbocycles. The Bertz CT molecular complexity index is 290. The number of carboxylic acid groups (broad SMARTS) is 1. The van der Waals surface area contributed by atoms with Crippen LogP contribution in [-0.2, 0) is 14.4 Å². The zero-order valence-electron chi connectivity index (χ0n) is 8.60. The van der Waals surface area contributed by atoms with Crippen molar-refractivity contribution in [1.29, 1.82) is 0 Å². The van der Waals surface area contributed by atoms with Crippen molar-refractivity contribution in [2.75, 3.05) is 26.2 Å². The quantitative estimate of drug-likeness (QED) is 0.649. The molecule has 0 bridgehead atoms. The first-order valence-electron chi connectivity index (χ1n) is 4.76. The van der Waals surface area contributed by atoms with E-state index in [1.165, 1.54) is 11.8 Å². The van der Waals surface area contributed by atoms with Crippen molar-refractivity contribution in [2.24, 2.45) is 0 Å². The number of aliphatic carboxylic acids is 1. The van der Waals surface area contributed by atoms with E-state index >= 15 is 0 Å². The van der Waals surface area contributed by atoms with Crippen LogP contribution < -0.4 is 0 Å². The summed E-state index contributed by atoms with van der Waals surface area (Å²) in [7, 11) is 0. The lowest BCUT2D eigenvalue weighted by molar-refractivity contribution is -0.144. The van der Waals surface area contributed by atoms with Crippen LogP contribution in [0.4, 0.5) is 0 Å². The summed E-state index contributed by atoms with van der Waals surface area (Å²) in [5.41, 5.74) is 0. The van der Waals surface area contributed by atoms with Gasteiger partial charge in [0, 0.05) is 33.0 Å². The molecule has 84 valence electrons. The molecule has 6 heteroatoms. The van der Waals surface area contributed by atoms with Gasteiger partial charge in [-0.2, -0.15) is 0 Å². The average Bonchev–Trinajstić information content (AvgIpc) is 2.29. The lowest BCUT2D eigenvalue weighted by Crippen LogP contribution is -2.37. The molecule has 0 aliphatic carbocycles. The number of carbonyl (C=O) groups excluding carboxylic acids is 2. The maximum atomic E-state index is 11.4. The lowest BCUT2D eigenvalue weighted by Gasteiger charge is -2.19. The van der Waals surface area contributed by atoms with Crippen LogP contribution in [0.2, 0.25) is 0 Å². The maximum absolute atomic E-state index is 11.4. The summed E-state index contributed by atoms with van der Waals surface area (Å²) >= 11 is 0. The van der Waals surface area contributed by atoms with Crippen LogP contribution in [0.3, 0.4) is 0 Å². The highest BCUT2D eigenvalue weighted by Gasteiger charge is 2.23. The summed E-state index contributed by atoms with van der Waals surface area (Å²) < 4.78 is 0. The fraction of sp³-hybridized carbons (Fsp3) is 0.667. The third kappa shape index (κ3) is 3.23. The first-order chi connectivity index (χ1) is 7.00. The first-order valence-corrected chi connectivity index (χ1v) is 4.76. The fourth-order valence-electron chi connectivity index (χ4n) is 1.51. The topological polar surface area (TPSA) is 77.9 Å². The summed E-state index contributed by atoms with van der Waals surface area (Å²) in [6.45, 7) is 2.24. The van der Waals surface area contributed by atoms with Gasteiger partial charge in [0.2, 0.25) is 11.8 Å². The highest BCUT2D eigenvalue weighted by atomic mass is 16.4. The Morgan fingerprint density at radius 2 is 2.00 bits per heavy atom. The molecule has 1 N–H and O–H groups in total. The van der Waals surface area contributed by atoms with E-state index in [0.29, 0.717) is 19.6 Å². The Morgan fingerprint density at radius 1 is 1.33 bits per heavy atom. The molecule has 0 radical (unpaired) electrons. The second kappa shape index (κ2) is 4.77. The fourth-order valence-corrected chi connectivity index (χ4v) is 1.51. The standard InChI is InChI=1S/C9H14N2O4/c1-7(12)10-3-2-8(13)11(5-4-10)6-9(14)15/h2-6H2,1H3,(H,14,15). The molecule has 6 nitrogen and oxygen atoms in total. The SMILES string of the molecule is CC(=O)N1CCC(=O)N(CC(=O)O)CC1. The van der Waals surface area contributed by atoms with E-state index in [2.05, 4.69) is 0 Å². The molecule has 0 aromatic carbocycles. The van der Waals surface area contributed by atoms with E-state index in [4.69, 9.17) is 5.11 Å². The zero-order chi connectivity index (χ0) is 11.4. The average molecular weight is 214 g/mol. The molecule has 1 aliphatic rings. The molecule has 1 aliphatic heterocycles. The van der Waals surface area contributed by atoms with Crippen LogP contribution in [-0.4, -0.2) is 58.9 Å². The highest BCUT2D eigenvalue weighted by Crippen LogP contribution is 2.04. The van der Waals surface area contributed by atoms with Crippen LogP contribution in [0.25, 0.3) is 0 Å². The van der Waals surface area contributed by atoms with Crippen molar-refractivity contribution in [2.45, 2.75) is 13.3 Å². The van der Waals surface area contributed by atoms with Crippen LogP contribution >= 0.6 is 0 Å². The van der Waals surface area contributed by atoms with Crippen molar-refractivity contribution < 1.29 is 19.5 Å². The molecule has 1 heterocycles. The van der Waals surface area contributed by atoms with Gasteiger partial charge in [0.25, 0.3) is 0 Å². The zero-order valence-corrected chi connectivity index (χ0v) is 8.60. The molecule has 2 amide bonds. The number of amides is 2. The minimum atomic E-state index is -1.03. The molecule has 0 spiro atoms. The highest BCUT2D eigenvalue weighted by molar-refractivity contribution is 5.82. The van der Waals surface area contributed by atoms with E-state index in [1.807, 2.05) is 0 Å². The van der Waals surface area contributed by atoms with Gasteiger partial charge in [-0.15, -0.1) is 0 Å². The van der Waals surface area contributed by atoms with Crippen molar-refractivity contribution in [1.82, 2.24) is 9.80 Å². The van der Waals surface area contributed by atoms with Gasteiger partial charge in [0.05, 0.1) is 0 Å². The van der Waals surface area contributed by atoms with E-state index in [0.717, 1.165) is 0 Å². The Labute approximate surface area is 87.5 Å². The summed E-state index contributed by atoms with van der Waals surface area (Å²) in [6, 6.07) is 0. The van der Waals surface area contributed by atoms with Crippen molar-refractivity contribution in [3.8, 4) is 0 Å². The van der Waals surface area contributed by atoms with E-state index in [-0.39, 0.29) is 24.8 Å². The Balaban J connectivity index is 2.59. The third-order valence-corrected chi connectivity index (χ3v) is 2.36. The van der Waals surface area contributed by atoms with E-state index < -0.39 is 5.97 Å². The number of hydrogen-bond acceptors (Lipinski definition) is 3. The normalized spacial score (nSPS) is 17.5. The second-order valence-corrected chi connectivity index (χ2v) is 3.47. The maximum Gasteiger partial charge on any atom is 0.323 e. The number of carbonyl (C=O) groups is 3. The molecular formula is C9H14N2O4. The summed E-state index contributed by atoms with van der Waals surface area (Å²) in [5, 5.41) is 8.58. The van der Waals surface area contributed by atoms with Crippen LogP contribution in [0.1, 0.15) is 13.3 Å². The van der Waals surface area contributed by atoms with Gasteiger partial charge in [-0.3, -0.25) is 14.4 Å². The smallest absolute Gasteiger partial charge is 0.323 e. The predicted molar refractivity (Wildman–Crippen MR) is 51.1 cm³/mol. The first kappa shape index (κ1) is 11.5. The molecule has 0 atom stereocenters. The molecule has 1 rings (SSSR count). The van der Waals surface area contributed by atoms with Crippen LogP contribution in [0, 0.1) is 0 Å². The van der Waals surface area contributed by atoms with Gasteiger partial charge in [0.1, 0.15) is 6.54 Å². The lowest BCUT2D eigenvalue weighted by atomic mass is 10.3. The molecular weight excluding hydrogens is 200 g/mol.